The van der Waals surface area contributed by atoms with Crippen molar-refractivity contribution in [1.29, 1.82) is 0 Å². The van der Waals surface area contributed by atoms with Crippen LogP contribution in [0.4, 0.5) is 5.69 Å². The van der Waals surface area contributed by atoms with E-state index in [9.17, 15) is 9.59 Å². The number of fused-ring (bicyclic) bond motifs is 1. The minimum atomic E-state index is -1.15. The van der Waals surface area contributed by atoms with Crippen LogP contribution in [0.5, 0.6) is 0 Å². The van der Waals surface area contributed by atoms with Crippen molar-refractivity contribution in [3.05, 3.63) is 64.1 Å². The van der Waals surface area contributed by atoms with E-state index in [4.69, 9.17) is 16.7 Å². The molecule has 1 aromatic carbocycles. The maximum absolute atomic E-state index is 12.8. The Morgan fingerprint density at radius 3 is 2.72 bits per heavy atom. The third-order valence-electron chi connectivity index (χ3n) is 3.86. The number of hydrogen-bond acceptors (Lipinski definition) is 3. The standard InChI is InChI=1S/C18H16ClN3O3/c1-3-14-16(22-7-6-10(2)8-15(22)21-14)17(23)20-11-4-5-13(19)12(9-11)18(24)25/h4-9H,3H2,1-2H3,(H,20,23)(H,24,25). The Balaban J connectivity index is 2.00. The maximum Gasteiger partial charge on any atom is 0.337 e. The Morgan fingerprint density at radius 1 is 1.28 bits per heavy atom. The van der Waals surface area contributed by atoms with E-state index < -0.39 is 5.97 Å². The molecule has 0 spiro atoms. The molecule has 7 heteroatoms. The number of hydrogen-bond donors (Lipinski definition) is 2. The van der Waals surface area contributed by atoms with Gasteiger partial charge in [-0.15, -0.1) is 0 Å². The number of aromatic nitrogens is 2. The van der Waals surface area contributed by atoms with E-state index in [-0.39, 0.29) is 16.5 Å². The molecule has 0 unspecified atom stereocenters. The van der Waals surface area contributed by atoms with Crippen molar-refractivity contribution in [2.75, 3.05) is 5.32 Å². The monoisotopic (exact) mass is 357 g/mol. The van der Waals surface area contributed by atoms with Gasteiger partial charge in [-0.25, -0.2) is 9.78 Å². The van der Waals surface area contributed by atoms with E-state index in [0.717, 1.165) is 5.56 Å². The van der Waals surface area contributed by atoms with Crippen LogP contribution < -0.4 is 5.32 Å². The molecule has 0 saturated heterocycles. The first-order valence-corrected chi connectivity index (χ1v) is 8.10. The number of benzene rings is 1. The molecule has 0 bridgehead atoms. The third-order valence-corrected chi connectivity index (χ3v) is 4.19. The van der Waals surface area contributed by atoms with Crippen LogP contribution in [0.3, 0.4) is 0 Å². The number of halogens is 1. The van der Waals surface area contributed by atoms with Gasteiger partial charge in [0.2, 0.25) is 0 Å². The highest BCUT2D eigenvalue weighted by molar-refractivity contribution is 6.33. The molecule has 0 aliphatic rings. The normalized spacial score (nSPS) is 10.8. The highest BCUT2D eigenvalue weighted by Gasteiger charge is 2.19. The molecule has 0 aliphatic carbocycles. The van der Waals surface area contributed by atoms with Crippen molar-refractivity contribution in [3.8, 4) is 0 Å². The van der Waals surface area contributed by atoms with Crippen molar-refractivity contribution in [2.24, 2.45) is 0 Å². The molecular formula is C18H16ClN3O3. The first-order chi connectivity index (χ1) is 11.9. The summed E-state index contributed by atoms with van der Waals surface area (Å²) in [6, 6.07) is 8.14. The average Bonchev–Trinajstić information content (AvgIpc) is 2.93. The predicted octanol–water partition coefficient (Wildman–Crippen LogP) is 3.81. The van der Waals surface area contributed by atoms with E-state index in [1.807, 2.05) is 26.0 Å². The van der Waals surface area contributed by atoms with Crippen LogP contribution in [0.1, 0.15) is 39.0 Å². The van der Waals surface area contributed by atoms with Crippen molar-refractivity contribution < 1.29 is 14.7 Å². The number of carbonyl (C=O) groups excluding carboxylic acids is 1. The quantitative estimate of drug-likeness (QED) is 0.743. The molecule has 2 aromatic heterocycles. The molecule has 0 fully saturated rings. The van der Waals surface area contributed by atoms with Crippen LogP contribution in [0.25, 0.3) is 5.65 Å². The van der Waals surface area contributed by atoms with Gasteiger partial charge in [-0.1, -0.05) is 18.5 Å². The fraction of sp³-hybridized carbons (Fsp3) is 0.167. The number of carboxylic acid groups (broad SMARTS) is 1. The summed E-state index contributed by atoms with van der Waals surface area (Å²) in [5.74, 6) is -1.51. The topological polar surface area (TPSA) is 83.7 Å². The predicted molar refractivity (Wildman–Crippen MR) is 95.7 cm³/mol. The van der Waals surface area contributed by atoms with Crippen molar-refractivity contribution in [2.45, 2.75) is 20.3 Å². The second-order valence-electron chi connectivity index (χ2n) is 5.65. The smallest absolute Gasteiger partial charge is 0.337 e. The number of nitrogens with one attached hydrogen (secondary N) is 1. The van der Waals surface area contributed by atoms with Gasteiger partial charge < -0.3 is 10.4 Å². The molecule has 25 heavy (non-hydrogen) atoms. The third kappa shape index (κ3) is 3.21. The first kappa shape index (κ1) is 17.0. The van der Waals surface area contributed by atoms with Gasteiger partial charge in [-0.05, 0) is 49.2 Å². The van der Waals surface area contributed by atoms with Gasteiger partial charge in [0, 0.05) is 11.9 Å². The number of aryl methyl sites for hydroxylation is 2. The molecule has 0 saturated carbocycles. The molecule has 128 valence electrons. The number of aromatic carboxylic acids is 1. The summed E-state index contributed by atoms with van der Waals surface area (Å²) in [6.45, 7) is 3.89. The lowest BCUT2D eigenvalue weighted by molar-refractivity contribution is 0.0696. The molecular weight excluding hydrogens is 342 g/mol. The summed E-state index contributed by atoms with van der Waals surface area (Å²) in [5, 5.41) is 12.0. The molecule has 3 rings (SSSR count). The Hall–Kier alpha value is -2.86. The van der Waals surface area contributed by atoms with Crippen molar-refractivity contribution >= 4 is 34.8 Å². The Bertz CT molecular complexity index is 995. The lowest BCUT2D eigenvalue weighted by atomic mass is 10.2. The van der Waals surface area contributed by atoms with Crippen LogP contribution in [0, 0.1) is 6.92 Å². The number of pyridine rings is 1. The van der Waals surface area contributed by atoms with Crippen LogP contribution in [0.2, 0.25) is 5.02 Å². The van der Waals surface area contributed by atoms with E-state index >= 15 is 0 Å². The zero-order valence-electron chi connectivity index (χ0n) is 13.7. The number of imidazole rings is 1. The number of carboxylic acids is 1. The summed E-state index contributed by atoms with van der Waals surface area (Å²) >= 11 is 5.86. The summed E-state index contributed by atoms with van der Waals surface area (Å²) in [5.41, 5.74) is 3.15. The van der Waals surface area contributed by atoms with E-state index in [1.54, 1.807) is 16.7 Å². The van der Waals surface area contributed by atoms with Gasteiger partial charge in [-0.2, -0.15) is 0 Å². The van der Waals surface area contributed by atoms with Gasteiger partial charge in [0.15, 0.2) is 0 Å². The Labute approximate surface area is 149 Å². The van der Waals surface area contributed by atoms with Gasteiger partial charge in [-0.3, -0.25) is 9.20 Å². The maximum atomic E-state index is 12.8. The number of nitrogens with zero attached hydrogens (tertiary/aromatic N) is 2. The molecule has 6 nitrogen and oxygen atoms in total. The minimum Gasteiger partial charge on any atom is -0.478 e. The molecule has 1 amide bonds. The van der Waals surface area contributed by atoms with Crippen LogP contribution in [-0.4, -0.2) is 26.4 Å². The van der Waals surface area contributed by atoms with Gasteiger partial charge in [0.1, 0.15) is 11.3 Å². The molecule has 3 aromatic rings. The fourth-order valence-electron chi connectivity index (χ4n) is 2.64. The summed E-state index contributed by atoms with van der Waals surface area (Å²) in [6.07, 6.45) is 2.40. The minimum absolute atomic E-state index is 0.0658. The fourth-order valence-corrected chi connectivity index (χ4v) is 2.84. The number of amides is 1. The van der Waals surface area contributed by atoms with E-state index in [2.05, 4.69) is 10.3 Å². The van der Waals surface area contributed by atoms with Crippen molar-refractivity contribution in [3.63, 3.8) is 0 Å². The van der Waals surface area contributed by atoms with Crippen molar-refractivity contribution in [1.82, 2.24) is 9.38 Å². The lowest BCUT2D eigenvalue weighted by Crippen LogP contribution is -2.16. The summed E-state index contributed by atoms with van der Waals surface area (Å²) in [4.78, 5) is 28.5. The Morgan fingerprint density at radius 2 is 2.04 bits per heavy atom. The van der Waals surface area contributed by atoms with Crippen LogP contribution in [-0.2, 0) is 6.42 Å². The highest BCUT2D eigenvalue weighted by atomic mass is 35.5. The summed E-state index contributed by atoms with van der Waals surface area (Å²) in [7, 11) is 0. The first-order valence-electron chi connectivity index (χ1n) is 7.72. The van der Waals surface area contributed by atoms with Crippen LogP contribution in [0.15, 0.2) is 36.5 Å². The SMILES string of the molecule is CCc1nc2cc(C)ccn2c1C(=O)Nc1ccc(Cl)c(C(=O)O)c1. The molecule has 0 aliphatic heterocycles. The van der Waals surface area contributed by atoms with Gasteiger partial charge in [0.05, 0.1) is 16.3 Å². The molecule has 0 atom stereocenters. The second-order valence-corrected chi connectivity index (χ2v) is 6.05. The van der Waals surface area contributed by atoms with E-state index in [1.165, 1.54) is 12.1 Å². The van der Waals surface area contributed by atoms with Gasteiger partial charge >= 0.3 is 5.97 Å². The number of carbonyl (C=O) groups is 2. The number of rotatable bonds is 4. The average molecular weight is 358 g/mol. The lowest BCUT2D eigenvalue weighted by Gasteiger charge is -2.08. The zero-order valence-corrected chi connectivity index (χ0v) is 14.5. The van der Waals surface area contributed by atoms with Crippen LogP contribution >= 0.6 is 11.6 Å². The Kier molecular flexibility index (Phi) is 4.46. The highest BCUT2D eigenvalue weighted by Crippen LogP contribution is 2.22. The largest absolute Gasteiger partial charge is 0.478 e. The molecule has 2 heterocycles. The van der Waals surface area contributed by atoms with E-state index in [0.29, 0.717) is 29.1 Å². The number of anilines is 1. The second kappa shape index (κ2) is 6.57. The molecule has 2 N–H and O–H groups in total. The zero-order chi connectivity index (χ0) is 18.1. The van der Waals surface area contributed by atoms with Gasteiger partial charge in [0.25, 0.3) is 5.91 Å². The molecule has 0 radical (unpaired) electrons. The summed E-state index contributed by atoms with van der Waals surface area (Å²) < 4.78 is 1.73.